The smallest absolute Gasteiger partial charge is 0.339 e. The van der Waals surface area contributed by atoms with Gasteiger partial charge >= 0.3 is 5.97 Å². The number of carboxylic acid groups (broad SMARTS) is 1. The van der Waals surface area contributed by atoms with Crippen LogP contribution in [0.25, 0.3) is 0 Å². The van der Waals surface area contributed by atoms with Gasteiger partial charge in [-0.3, -0.25) is 4.72 Å². The third-order valence-corrected chi connectivity index (χ3v) is 4.25. The Morgan fingerprint density at radius 3 is 2.48 bits per heavy atom. The van der Waals surface area contributed by atoms with Crippen LogP contribution in [0.4, 0.5) is 14.5 Å². The summed E-state index contributed by atoms with van der Waals surface area (Å²) in [5.74, 6) is -3.23. The van der Waals surface area contributed by atoms with E-state index in [0.717, 1.165) is 30.3 Å². The molecule has 6 nitrogen and oxygen atoms in total. The lowest BCUT2D eigenvalue weighted by atomic mass is 10.2. The summed E-state index contributed by atoms with van der Waals surface area (Å²) in [5.41, 5.74) is -0.965. The topological polar surface area (TPSA) is 92.7 Å². The van der Waals surface area contributed by atoms with Gasteiger partial charge in [0.2, 0.25) is 0 Å². The molecule has 0 saturated heterocycles. The second-order valence-corrected chi connectivity index (χ2v) is 6.08. The molecule has 0 saturated carbocycles. The Morgan fingerprint density at radius 1 is 1.17 bits per heavy atom. The Labute approximate surface area is 130 Å². The quantitative estimate of drug-likeness (QED) is 0.870. The number of halogens is 2. The zero-order valence-electron chi connectivity index (χ0n) is 11.7. The van der Waals surface area contributed by atoms with Crippen LogP contribution in [-0.4, -0.2) is 26.6 Å². The number of hydrogen-bond donors (Lipinski definition) is 2. The molecule has 0 amide bonds. The van der Waals surface area contributed by atoms with Crippen molar-refractivity contribution in [2.24, 2.45) is 0 Å². The third-order valence-electron chi connectivity index (χ3n) is 2.88. The van der Waals surface area contributed by atoms with Crippen molar-refractivity contribution < 1.29 is 31.8 Å². The predicted molar refractivity (Wildman–Crippen MR) is 77.1 cm³/mol. The third kappa shape index (κ3) is 3.57. The molecular formula is C14H11F2NO5S. The summed E-state index contributed by atoms with van der Waals surface area (Å²) in [6.07, 6.45) is 0. The Morgan fingerprint density at radius 2 is 1.87 bits per heavy atom. The van der Waals surface area contributed by atoms with Gasteiger partial charge in [0, 0.05) is 6.07 Å². The van der Waals surface area contributed by atoms with E-state index in [0.29, 0.717) is 6.07 Å². The van der Waals surface area contributed by atoms with Gasteiger partial charge in [-0.1, -0.05) is 0 Å². The lowest BCUT2D eigenvalue weighted by Gasteiger charge is -2.11. The molecule has 0 spiro atoms. The predicted octanol–water partition coefficient (Wildman–Crippen LogP) is 2.47. The van der Waals surface area contributed by atoms with Crippen molar-refractivity contribution in [1.29, 1.82) is 0 Å². The van der Waals surface area contributed by atoms with E-state index < -0.39 is 38.2 Å². The zero-order valence-corrected chi connectivity index (χ0v) is 12.5. The van der Waals surface area contributed by atoms with E-state index in [1.165, 1.54) is 7.11 Å². The van der Waals surface area contributed by atoms with Crippen LogP contribution in [0, 0.1) is 11.6 Å². The molecule has 0 heterocycles. The van der Waals surface area contributed by atoms with Gasteiger partial charge in [0.05, 0.1) is 17.7 Å². The maximum atomic E-state index is 13.5. The Kier molecular flexibility index (Phi) is 4.50. The van der Waals surface area contributed by atoms with Gasteiger partial charge in [-0.15, -0.1) is 0 Å². The number of carboxylic acids is 1. The largest absolute Gasteiger partial charge is 0.496 e. The second kappa shape index (κ2) is 6.21. The Bertz CT molecular complexity index is 867. The van der Waals surface area contributed by atoms with Gasteiger partial charge in [-0.25, -0.2) is 22.0 Å². The fraction of sp³-hybridized carbons (Fsp3) is 0.0714. The second-order valence-electron chi connectivity index (χ2n) is 4.40. The van der Waals surface area contributed by atoms with Crippen LogP contribution < -0.4 is 9.46 Å². The van der Waals surface area contributed by atoms with Crippen LogP contribution in [0.2, 0.25) is 0 Å². The molecule has 2 aromatic carbocycles. The summed E-state index contributed by atoms with van der Waals surface area (Å²) in [4.78, 5) is 10.7. The van der Waals surface area contributed by atoms with Crippen molar-refractivity contribution in [3.05, 3.63) is 53.6 Å². The molecular weight excluding hydrogens is 332 g/mol. The highest BCUT2D eigenvalue weighted by Gasteiger charge is 2.21. The van der Waals surface area contributed by atoms with Gasteiger partial charge < -0.3 is 9.84 Å². The molecule has 0 aromatic heterocycles. The van der Waals surface area contributed by atoms with E-state index in [9.17, 15) is 22.0 Å². The average Bonchev–Trinajstić information content (AvgIpc) is 2.50. The molecule has 2 rings (SSSR count). The highest BCUT2D eigenvalue weighted by atomic mass is 32.2. The number of hydrogen-bond acceptors (Lipinski definition) is 4. The number of aromatic carboxylic acids is 1. The summed E-state index contributed by atoms with van der Waals surface area (Å²) in [5, 5.41) is 9.05. The molecule has 122 valence electrons. The number of sulfonamides is 1. The number of benzene rings is 2. The molecule has 2 N–H and O–H groups in total. The monoisotopic (exact) mass is 343 g/mol. The van der Waals surface area contributed by atoms with Crippen LogP contribution in [-0.2, 0) is 10.0 Å². The first-order valence-electron chi connectivity index (χ1n) is 6.14. The van der Waals surface area contributed by atoms with Crippen molar-refractivity contribution in [3.63, 3.8) is 0 Å². The van der Waals surface area contributed by atoms with Crippen LogP contribution in [0.5, 0.6) is 5.75 Å². The minimum atomic E-state index is -4.31. The van der Waals surface area contributed by atoms with E-state index in [1.807, 2.05) is 4.72 Å². The number of carbonyl (C=O) groups is 1. The van der Waals surface area contributed by atoms with E-state index in [2.05, 4.69) is 0 Å². The van der Waals surface area contributed by atoms with Crippen LogP contribution in [0.1, 0.15) is 10.4 Å². The lowest BCUT2D eigenvalue weighted by molar-refractivity contribution is 0.0693. The SMILES string of the molecule is COc1ccc(S(=O)(=O)Nc2cc(F)ccc2F)cc1C(=O)O. The van der Waals surface area contributed by atoms with Crippen LogP contribution in [0.3, 0.4) is 0 Å². The van der Waals surface area contributed by atoms with Crippen molar-refractivity contribution in [3.8, 4) is 5.75 Å². The van der Waals surface area contributed by atoms with Crippen LogP contribution in [0.15, 0.2) is 41.3 Å². The molecule has 0 aliphatic carbocycles. The van der Waals surface area contributed by atoms with Crippen LogP contribution >= 0.6 is 0 Å². The highest BCUT2D eigenvalue weighted by Crippen LogP contribution is 2.25. The normalized spacial score (nSPS) is 11.1. The molecule has 0 aliphatic rings. The van der Waals surface area contributed by atoms with Crippen molar-refractivity contribution in [2.45, 2.75) is 4.90 Å². The Hall–Kier alpha value is -2.68. The number of anilines is 1. The van der Waals surface area contributed by atoms with Gasteiger partial charge in [0.15, 0.2) is 0 Å². The molecule has 0 aliphatic heterocycles. The molecule has 0 bridgehead atoms. The first-order valence-corrected chi connectivity index (χ1v) is 7.62. The van der Waals surface area contributed by atoms with Crippen molar-refractivity contribution >= 4 is 21.7 Å². The fourth-order valence-electron chi connectivity index (χ4n) is 1.80. The molecule has 2 aromatic rings. The van der Waals surface area contributed by atoms with Gasteiger partial charge in [-0.05, 0) is 30.3 Å². The average molecular weight is 343 g/mol. The summed E-state index contributed by atoms with van der Waals surface area (Å²) < 4.78 is 57.7. The van der Waals surface area contributed by atoms with E-state index in [1.54, 1.807) is 0 Å². The van der Waals surface area contributed by atoms with E-state index in [4.69, 9.17) is 9.84 Å². The van der Waals surface area contributed by atoms with Gasteiger partial charge in [0.25, 0.3) is 10.0 Å². The number of ether oxygens (including phenoxy) is 1. The first-order chi connectivity index (χ1) is 10.7. The molecule has 0 radical (unpaired) electrons. The maximum Gasteiger partial charge on any atom is 0.339 e. The lowest BCUT2D eigenvalue weighted by Crippen LogP contribution is -2.15. The first kappa shape index (κ1) is 16.7. The molecule has 0 fully saturated rings. The zero-order chi connectivity index (χ0) is 17.2. The number of methoxy groups -OCH3 is 1. The number of nitrogens with one attached hydrogen (secondary N) is 1. The van der Waals surface area contributed by atoms with Gasteiger partial charge in [0.1, 0.15) is 22.9 Å². The summed E-state index contributed by atoms with van der Waals surface area (Å²) in [7, 11) is -3.08. The summed E-state index contributed by atoms with van der Waals surface area (Å²) in [6.45, 7) is 0. The standard InChI is InChI=1S/C14H11F2NO5S/c1-22-13-5-3-9(7-10(13)14(18)19)23(20,21)17-12-6-8(15)2-4-11(12)16/h2-7,17H,1H3,(H,18,19). The number of rotatable bonds is 5. The Balaban J connectivity index is 2.46. The molecule has 23 heavy (non-hydrogen) atoms. The minimum Gasteiger partial charge on any atom is -0.496 e. The van der Waals surface area contributed by atoms with E-state index >= 15 is 0 Å². The highest BCUT2D eigenvalue weighted by molar-refractivity contribution is 7.92. The van der Waals surface area contributed by atoms with E-state index in [-0.39, 0.29) is 11.3 Å². The minimum absolute atomic E-state index is 0.0339. The maximum absolute atomic E-state index is 13.5. The fourth-order valence-corrected chi connectivity index (χ4v) is 2.88. The summed E-state index contributed by atoms with van der Waals surface area (Å²) >= 11 is 0. The van der Waals surface area contributed by atoms with Gasteiger partial charge in [-0.2, -0.15) is 0 Å². The van der Waals surface area contributed by atoms with Crippen molar-refractivity contribution in [2.75, 3.05) is 11.8 Å². The molecule has 0 atom stereocenters. The summed E-state index contributed by atoms with van der Waals surface area (Å²) in [6, 6.07) is 5.38. The molecule has 0 unspecified atom stereocenters. The molecule has 9 heteroatoms. The van der Waals surface area contributed by atoms with Crippen molar-refractivity contribution in [1.82, 2.24) is 0 Å².